The van der Waals surface area contributed by atoms with E-state index < -0.39 is 11.9 Å². The van der Waals surface area contributed by atoms with Gasteiger partial charge in [-0.15, -0.1) is 0 Å². The van der Waals surface area contributed by atoms with E-state index in [4.69, 9.17) is 0 Å². The van der Waals surface area contributed by atoms with Crippen LogP contribution >= 0.6 is 0 Å². The lowest BCUT2D eigenvalue weighted by atomic mass is 9.94. The number of amides is 3. The lowest BCUT2D eigenvalue weighted by molar-refractivity contribution is -0.141. The molecule has 0 unspecified atom stereocenters. The van der Waals surface area contributed by atoms with Crippen molar-refractivity contribution in [2.45, 2.75) is 51.0 Å². The number of rotatable bonds is 7. The summed E-state index contributed by atoms with van der Waals surface area (Å²) in [5.74, 6) is -1.98. The number of nitrogens with zero attached hydrogens (tertiary/aromatic N) is 1. The average Bonchev–Trinajstić information content (AvgIpc) is 3.00. The number of ether oxygens (including phenoxy) is 1. The van der Waals surface area contributed by atoms with Crippen molar-refractivity contribution >= 4 is 29.5 Å². The molecule has 0 atom stereocenters. The molecule has 8 nitrogen and oxygen atoms in total. The average molecular weight is 400 g/mol. The minimum atomic E-state index is -0.518. The third kappa shape index (κ3) is 4.52. The number of imide groups is 1. The number of benzene rings is 1. The number of hydrogen-bond donors (Lipinski definition) is 1. The SMILES string of the molecule is COC(=O)CCC(=O)CNC(=O)c1ccc2c(c1)C(=O)N(C1CCCCC1)C2=O. The number of hydrogen-bond acceptors (Lipinski definition) is 6. The van der Waals surface area contributed by atoms with Crippen molar-refractivity contribution in [2.24, 2.45) is 0 Å². The van der Waals surface area contributed by atoms with Gasteiger partial charge in [0.15, 0.2) is 5.78 Å². The summed E-state index contributed by atoms with van der Waals surface area (Å²) in [5.41, 5.74) is 0.743. The highest BCUT2D eigenvalue weighted by Gasteiger charge is 2.40. The summed E-state index contributed by atoms with van der Waals surface area (Å²) in [5, 5.41) is 2.48. The molecule has 29 heavy (non-hydrogen) atoms. The second kappa shape index (κ2) is 8.98. The fraction of sp³-hybridized carbons (Fsp3) is 0.476. The standard InChI is InChI=1S/C21H24N2O6/c1-29-18(25)10-8-15(24)12-22-19(26)13-7-9-16-17(11-13)21(28)23(20(16)27)14-5-3-2-4-6-14/h7,9,11,14H,2-6,8,10,12H2,1H3,(H,22,26). The van der Waals surface area contributed by atoms with Gasteiger partial charge in [-0.25, -0.2) is 0 Å². The first-order chi connectivity index (χ1) is 13.9. The molecular formula is C21H24N2O6. The maximum atomic E-state index is 12.8. The first kappa shape index (κ1) is 20.7. The number of carbonyl (C=O) groups is 5. The van der Waals surface area contributed by atoms with Crippen LogP contribution in [0.1, 0.15) is 76.0 Å². The molecule has 1 aromatic rings. The Morgan fingerprint density at radius 1 is 1.03 bits per heavy atom. The van der Waals surface area contributed by atoms with Crippen LogP contribution < -0.4 is 5.32 Å². The van der Waals surface area contributed by atoms with E-state index in [0.29, 0.717) is 5.56 Å². The maximum Gasteiger partial charge on any atom is 0.305 e. The van der Waals surface area contributed by atoms with E-state index in [1.54, 1.807) is 0 Å². The predicted molar refractivity (Wildman–Crippen MR) is 102 cm³/mol. The molecule has 1 aliphatic heterocycles. The molecule has 154 valence electrons. The van der Waals surface area contributed by atoms with Gasteiger partial charge in [0.1, 0.15) is 0 Å². The number of nitrogens with one attached hydrogen (secondary N) is 1. The molecule has 3 amide bonds. The van der Waals surface area contributed by atoms with Crippen LogP contribution in [0.15, 0.2) is 18.2 Å². The van der Waals surface area contributed by atoms with Crippen LogP contribution in [-0.4, -0.2) is 54.1 Å². The zero-order valence-electron chi connectivity index (χ0n) is 16.4. The zero-order valence-corrected chi connectivity index (χ0v) is 16.4. The molecule has 1 aliphatic carbocycles. The monoisotopic (exact) mass is 400 g/mol. The number of Topliss-reactive ketones (excluding diaryl/α,β-unsaturated/α-hetero) is 1. The summed E-state index contributed by atoms with van der Waals surface area (Å²) in [6, 6.07) is 4.29. The highest BCUT2D eigenvalue weighted by atomic mass is 16.5. The number of carbonyl (C=O) groups excluding carboxylic acids is 5. The molecule has 0 spiro atoms. The van der Waals surface area contributed by atoms with Crippen molar-refractivity contribution in [1.82, 2.24) is 10.2 Å². The van der Waals surface area contributed by atoms with Crippen molar-refractivity contribution < 1.29 is 28.7 Å². The molecule has 0 aromatic heterocycles. The normalized spacial score (nSPS) is 16.5. The quantitative estimate of drug-likeness (QED) is 0.553. The van der Waals surface area contributed by atoms with Gasteiger partial charge < -0.3 is 10.1 Å². The minimum absolute atomic E-state index is 0.0273. The van der Waals surface area contributed by atoms with Crippen LogP contribution in [0.3, 0.4) is 0 Å². The van der Waals surface area contributed by atoms with Crippen molar-refractivity contribution in [3.05, 3.63) is 34.9 Å². The van der Waals surface area contributed by atoms with Gasteiger partial charge >= 0.3 is 5.97 Å². The molecule has 8 heteroatoms. The molecule has 0 saturated heterocycles. The van der Waals surface area contributed by atoms with Gasteiger partial charge in [0, 0.05) is 18.0 Å². The number of esters is 1. The van der Waals surface area contributed by atoms with Gasteiger partial charge in [-0.1, -0.05) is 19.3 Å². The smallest absolute Gasteiger partial charge is 0.305 e. The van der Waals surface area contributed by atoms with Crippen molar-refractivity contribution in [3.8, 4) is 0 Å². The molecule has 1 saturated carbocycles. The van der Waals surface area contributed by atoms with Crippen molar-refractivity contribution in [1.29, 1.82) is 0 Å². The fourth-order valence-corrected chi connectivity index (χ4v) is 3.78. The summed E-state index contributed by atoms with van der Waals surface area (Å²) >= 11 is 0. The van der Waals surface area contributed by atoms with Gasteiger partial charge in [-0.3, -0.25) is 28.9 Å². The lowest BCUT2D eigenvalue weighted by Gasteiger charge is -2.29. The van der Waals surface area contributed by atoms with Gasteiger partial charge in [0.05, 0.1) is 31.2 Å². The fourth-order valence-electron chi connectivity index (χ4n) is 3.78. The molecule has 1 aromatic carbocycles. The third-order valence-corrected chi connectivity index (χ3v) is 5.40. The highest BCUT2D eigenvalue weighted by Crippen LogP contribution is 2.31. The molecule has 0 radical (unpaired) electrons. The molecule has 2 aliphatic rings. The van der Waals surface area contributed by atoms with E-state index in [1.165, 1.54) is 30.2 Å². The minimum Gasteiger partial charge on any atom is -0.469 e. The Bertz CT molecular complexity index is 857. The van der Waals surface area contributed by atoms with Crippen LogP contribution in [0.25, 0.3) is 0 Å². The van der Waals surface area contributed by atoms with Crippen LogP contribution in [0.5, 0.6) is 0 Å². The maximum absolute atomic E-state index is 12.8. The largest absolute Gasteiger partial charge is 0.469 e. The summed E-state index contributed by atoms with van der Waals surface area (Å²) in [7, 11) is 1.24. The summed E-state index contributed by atoms with van der Waals surface area (Å²) in [6.07, 6.45) is 4.66. The van der Waals surface area contributed by atoms with E-state index in [0.717, 1.165) is 32.1 Å². The second-order valence-corrected chi connectivity index (χ2v) is 7.33. The van der Waals surface area contributed by atoms with Crippen LogP contribution in [-0.2, 0) is 14.3 Å². The van der Waals surface area contributed by atoms with E-state index >= 15 is 0 Å². The Balaban J connectivity index is 1.64. The molecule has 3 rings (SSSR count). The zero-order chi connectivity index (χ0) is 21.0. The molecule has 1 fully saturated rings. The number of methoxy groups -OCH3 is 1. The Morgan fingerprint density at radius 3 is 2.41 bits per heavy atom. The summed E-state index contributed by atoms with van der Waals surface area (Å²) in [6.45, 7) is -0.228. The molecule has 0 bridgehead atoms. The Kier molecular flexibility index (Phi) is 6.41. The van der Waals surface area contributed by atoms with Gasteiger partial charge in [0.2, 0.25) is 0 Å². The van der Waals surface area contributed by atoms with Crippen LogP contribution in [0.2, 0.25) is 0 Å². The van der Waals surface area contributed by atoms with E-state index in [2.05, 4.69) is 10.1 Å². The Labute approximate surface area is 168 Å². The second-order valence-electron chi connectivity index (χ2n) is 7.33. The van der Waals surface area contributed by atoms with Crippen LogP contribution in [0, 0.1) is 0 Å². The predicted octanol–water partition coefficient (Wildman–Crippen LogP) is 1.87. The Hall–Kier alpha value is -3.03. The summed E-state index contributed by atoms with van der Waals surface area (Å²) in [4.78, 5) is 62.0. The first-order valence-corrected chi connectivity index (χ1v) is 9.81. The van der Waals surface area contributed by atoms with E-state index in [9.17, 15) is 24.0 Å². The third-order valence-electron chi connectivity index (χ3n) is 5.40. The Morgan fingerprint density at radius 2 is 1.72 bits per heavy atom. The van der Waals surface area contributed by atoms with Gasteiger partial charge in [0.25, 0.3) is 17.7 Å². The van der Waals surface area contributed by atoms with E-state index in [-0.39, 0.29) is 54.2 Å². The van der Waals surface area contributed by atoms with Crippen molar-refractivity contribution in [3.63, 3.8) is 0 Å². The van der Waals surface area contributed by atoms with Gasteiger partial charge in [-0.05, 0) is 31.0 Å². The highest BCUT2D eigenvalue weighted by molar-refractivity contribution is 6.22. The first-order valence-electron chi connectivity index (χ1n) is 9.81. The lowest BCUT2D eigenvalue weighted by Crippen LogP contribution is -2.40. The number of ketones is 1. The van der Waals surface area contributed by atoms with Crippen LogP contribution in [0.4, 0.5) is 0 Å². The van der Waals surface area contributed by atoms with E-state index in [1.807, 2.05) is 0 Å². The van der Waals surface area contributed by atoms with Gasteiger partial charge in [-0.2, -0.15) is 0 Å². The topological polar surface area (TPSA) is 110 Å². The van der Waals surface area contributed by atoms with Crippen molar-refractivity contribution in [2.75, 3.05) is 13.7 Å². The molecule has 1 N–H and O–H groups in total. The summed E-state index contributed by atoms with van der Waals surface area (Å²) < 4.78 is 4.47. The molecule has 1 heterocycles. The number of fused-ring (bicyclic) bond motifs is 1. The molecular weight excluding hydrogens is 376 g/mol.